The minimum absolute atomic E-state index is 0.170. The van der Waals surface area contributed by atoms with Crippen LogP contribution in [0, 0.1) is 0 Å². The summed E-state index contributed by atoms with van der Waals surface area (Å²) in [7, 11) is 0. The van der Waals surface area contributed by atoms with Crippen molar-refractivity contribution in [1.29, 1.82) is 0 Å². The highest BCUT2D eigenvalue weighted by Crippen LogP contribution is 2.25. The van der Waals surface area contributed by atoms with Crippen LogP contribution in [0.25, 0.3) is 0 Å². The standard InChI is InChI=1S/C12H18N2O2S/c1-2-9-3-4-10(17-9)11(15)12(16)14-7-5-13-6-8-14/h3-4,11,13,15H,2,5-8H2,1H3. The second-order valence-electron chi connectivity index (χ2n) is 4.14. The molecule has 5 heteroatoms. The van der Waals surface area contributed by atoms with Gasteiger partial charge < -0.3 is 15.3 Å². The van der Waals surface area contributed by atoms with Gasteiger partial charge in [0.25, 0.3) is 5.91 Å². The third-order valence-electron chi connectivity index (χ3n) is 2.96. The van der Waals surface area contributed by atoms with Gasteiger partial charge in [-0.25, -0.2) is 0 Å². The van der Waals surface area contributed by atoms with Crippen LogP contribution in [0.4, 0.5) is 0 Å². The monoisotopic (exact) mass is 254 g/mol. The molecule has 4 nitrogen and oxygen atoms in total. The number of piperazine rings is 1. The third kappa shape index (κ3) is 2.86. The molecule has 1 fully saturated rings. The quantitative estimate of drug-likeness (QED) is 0.838. The van der Waals surface area contributed by atoms with E-state index in [0.717, 1.165) is 24.4 Å². The van der Waals surface area contributed by atoms with Gasteiger partial charge in [-0.15, -0.1) is 11.3 Å². The van der Waals surface area contributed by atoms with Crippen LogP contribution in [0.3, 0.4) is 0 Å². The first kappa shape index (κ1) is 12.5. The van der Waals surface area contributed by atoms with E-state index in [1.54, 1.807) is 4.90 Å². The van der Waals surface area contributed by atoms with Gasteiger partial charge in [0.2, 0.25) is 0 Å². The summed E-state index contributed by atoms with van der Waals surface area (Å²) in [5.41, 5.74) is 0. The van der Waals surface area contributed by atoms with E-state index < -0.39 is 6.10 Å². The molecule has 0 radical (unpaired) electrons. The van der Waals surface area contributed by atoms with E-state index >= 15 is 0 Å². The van der Waals surface area contributed by atoms with E-state index in [2.05, 4.69) is 12.2 Å². The second-order valence-corrected chi connectivity index (χ2v) is 5.34. The molecule has 2 heterocycles. The molecule has 1 aromatic rings. The molecular formula is C12H18N2O2S. The summed E-state index contributed by atoms with van der Waals surface area (Å²) in [5, 5.41) is 13.2. The topological polar surface area (TPSA) is 52.6 Å². The van der Waals surface area contributed by atoms with Crippen molar-refractivity contribution in [2.24, 2.45) is 0 Å². The Kier molecular flexibility index (Phi) is 4.15. The van der Waals surface area contributed by atoms with E-state index in [1.165, 1.54) is 16.2 Å². The van der Waals surface area contributed by atoms with E-state index in [4.69, 9.17) is 0 Å². The summed E-state index contributed by atoms with van der Waals surface area (Å²) in [6, 6.07) is 3.84. The Hall–Kier alpha value is -0.910. The SMILES string of the molecule is CCc1ccc(C(O)C(=O)N2CCNCC2)s1. The molecule has 0 aromatic carbocycles. The zero-order valence-electron chi connectivity index (χ0n) is 9.98. The number of carbonyl (C=O) groups excluding carboxylic acids is 1. The summed E-state index contributed by atoms with van der Waals surface area (Å²) < 4.78 is 0. The number of carbonyl (C=O) groups is 1. The van der Waals surface area contributed by atoms with Crippen LogP contribution in [0.2, 0.25) is 0 Å². The number of aliphatic hydroxyl groups is 1. The minimum atomic E-state index is -0.988. The van der Waals surface area contributed by atoms with E-state index in [9.17, 15) is 9.90 Å². The van der Waals surface area contributed by atoms with Crippen LogP contribution in [-0.2, 0) is 11.2 Å². The lowest BCUT2D eigenvalue weighted by Crippen LogP contribution is -2.47. The molecule has 1 amide bonds. The maximum atomic E-state index is 12.1. The number of hydrogen-bond donors (Lipinski definition) is 2. The minimum Gasteiger partial charge on any atom is -0.378 e. The molecule has 1 unspecified atom stereocenters. The van der Waals surface area contributed by atoms with Crippen molar-refractivity contribution in [1.82, 2.24) is 10.2 Å². The molecule has 0 aliphatic carbocycles. The van der Waals surface area contributed by atoms with Gasteiger partial charge >= 0.3 is 0 Å². The van der Waals surface area contributed by atoms with E-state index in [-0.39, 0.29) is 5.91 Å². The van der Waals surface area contributed by atoms with Crippen LogP contribution in [0.15, 0.2) is 12.1 Å². The van der Waals surface area contributed by atoms with Crippen molar-refractivity contribution in [2.75, 3.05) is 26.2 Å². The molecule has 1 aromatic heterocycles. The van der Waals surface area contributed by atoms with Gasteiger partial charge in [0, 0.05) is 35.9 Å². The highest BCUT2D eigenvalue weighted by molar-refractivity contribution is 7.12. The Morgan fingerprint density at radius 3 is 2.82 bits per heavy atom. The summed E-state index contributed by atoms with van der Waals surface area (Å²) >= 11 is 1.52. The Balaban J connectivity index is 2.02. The highest BCUT2D eigenvalue weighted by Gasteiger charge is 2.25. The maximum Gasteiger partial charge on any atom is 0.256 e. The zero-order chi connectivity index (χ0) is 12.3. The average molecular weight is 254 g/mol. The number of nitrogens with zero attached hydrogens (tertiary/aromatic N) is 1. The van der Waals surface area contributed by atoms with Crippen molar-refractivity contribution in [3.05, 3.63) is 21.9 Å². The van der Waals surface area contributed by atoms with Crippen molar-refractivity contribution in [3.63, 3.8) is 0 Å². The molecule has 17 heavy (non-hydrogen) atoms. The molecule has 94 valence electrons. The molecular weight excluding hydrogens is 236 g/mol. The summed E-state index contributed by atoms with van der Waals surface area (Å²) in [6.45, 7) is 5.05. The first-order valence-electron chi connectivity index (χ1n) is 5.98. The Morgan fingerprint density at radius 2 is 2.24 bits per heavy atom. The van der Waals surface area contributed by atoms with E-state index in [1.807, 2.05) is 12.1 Å². The lowest BCUT2D eigenvalue weighted by molar-refractivity contribution is -0.140. The van der Waals surface area contributed by atoms with Crippen LogP contribution in [0.5, 0.6) is 0 Å². The Bertz CT molecular complexity index is 386. The van der Waals surface area contributed by atoms with Gasteiger partial charge in [-0.05, 0) is 18.6 Å². The molecule has 1 aliphatic heterocycles. The lowest BCUT2D eigenvalue weighted by atomic mass is 10.2. The van der Waals surface area contributed by atoms with Crippen molar-refractivity contribution in [3.8, 4) is 0 Å². The molecule has 1 saturated heterocycles. The van der Waals surface area contributed by atoms with Crippen molar-refractivity contribution in [2.45, 2.75) is 19.4 Å². The number of amides is 1. The smallest absolute Gasteiger partial charge is 0.256 e. The van der Waals surface area contributed by atoms with Gasteiger partial charge in [-0.3, -0.25) is 4.79 Å². The summed E-state index contributed by atoms with van der Waals surface area (Å²) in [4.78, 5) is 15.7. The highest BCUT2D eigenvalue weighted by atomic mass is 32.1. The summed E-state index contributed by atoms with van der Waals surface area (Å²) in [5.74, 6) is -0.170. The average Bonchev–Trinajstić information content (AvgIpc) is 2.87. The van der Waals surface area contributed by atoms with Crippen LogP contribution < -0.4 is 5.32 Å². The van der Waals surface area contributed by atoms with E-state index in [0.29, 0.717) is 13.1 Å². The molecule has 2 rings (SSSR count). The Labute approximate surface area is 105 Å². The predicted octanol–water partition coefficient (Wildman–Crippen LogP) is 0.776. The molecule has 0 spiro atoms. The number of thiophene rings is 1. The Morgan fingerprint density at radius 1 is 1.53 bits per heavy atom. The molecule has 1 atom stereocenters. The lowest BCUT2D eigenvalue weighted by Gasteiger charge is -2.28. The van der Waals surface area contributed by atoms with Crippen LogP contribution in [0.1, 0.15) is 22.8 Å². The van der Waals surface area contributed by atoms with Crippen LogP contribution >= 0.6 is 11.3 Å². The van der Waals surface area contributed by atoms with Gasteiger partial charge in [0.15, 0.2) is 6.10 Å². The number of nitrogens with one attached hydrogen (secondary N) is 1. The predicted molar refractivity (Wildman–Crippen MR) is 68.1 cm³/mol. The fourth-order valence-electron chi connectivity index (χ4n) is 1.91. The fraction of sp³-hybridized carbons (Fsp3) is 0.583. The summed E-state index contributed by atoms with van der Waals surface area (Å²) in [6.07, 6.45) is -0.0439. The maximum absolute atomic E-state index is 12.1. The third-order valence-corrected chi connectivity index (χ3v) is 4.24. The normalized spacial score (nSPS) is 18.1. The van der Waals surface area contributed by atoms with Crippen molar-refractivity contribution < 1.29 is 9.90 Å². The van der Waals surface area contributed by atoms with Gasteiger partial charge in [0.05, 0.1) is 0 Å². The largest absolute Gasteiger partial charge is 0.378 e. The first-order chi connectivity index (χ1) is 8.22. The zero-order valence-corrected chi connectivity index (χ0v) is 10.8. The number of aryl methyl sites for hydroxylation is 1. The first-order valence-corrected chi connectivity index (χ1v) is 6.80. The van der Waals surface area contributed by atoms with Gasteiger partial charge in [-0.2, -0.15) is 0 Å². The number of aliphatic hydroxyl groups excluding tert-OH is 1. The van der Waals surface area contributed by atoms with Crippen LogP contribution in [-0.4, -0.2) is 42.1 Å². The fourth-order valence-corrected chi connectivity index (χ4v) is 2.84. The molecule has 0 saturated carbocycles. The molecule has 2 N–H and O–H groups in total. The van der Waals surface area contributed by atoms with Gasteiger partial charge in [0.1, 0.15) is 0 Å². The number of rotatable bonds is 3. The number of hydrogen-bond acceptors (Lipinski definition) is 4. The molecule has 1 aliphatic rings. The van der Waals surface area contributed by atoms with Gasteiger partial charge in [-0.1, -0.05) is 6.92 Å². The van der Waals surface area contributed by atoms with Crippen molar-refractivity contribution >= 4 is 17.2 Å². The molecule has 0 bridgehead atoms. The second kappa shape index (κ2) is 5.62.